The Morgan fingerprint density at radius 1 is 1.56 bits per heavy atom. The van der Waals surface area contributed by atoms with E-state index in [0.29, 0.717) is 12.5 Å². The summed E-state index contributed by atoms with van der Waals surface area (Å²) < 4.78 is 0. The second kappa shape index (κ2) is 4.89. The van der Waals surface area contributed by atoms with Gasteiger partial charge in [-0.15, -0.1) is 6.58 Å². The van der Waals surface area contributed by atoms with Crippen molar-refractivity contribution in [2.24, 2.45) is 11.3 Å². The zero-order valence-electron chi connectivity index (χ0n) is 10.6. The van der Waals surface area contributed by atoms with Gasteiger partial charge in [-0.1, -0.05) is 26.8 Å². The van der Waals surface area contributed by atoms with Gasteiger partial charge in [0, 0.05) is 12.6 Å². The predicted molar refractivity (Wildman–Crippen MR) is 65.5 cm³/mol. The molecule has 0 aromatic carbocycles. The molecule has 2 atom stereocenters. The molecule has 1 aliphatic heterocycles. The van der Waals surface area contributed by atoms with E-state index in [1.165, 1.54) is 0 Å². The minimum absolute atomic E-state index is 0.0121. The van der Waals surface area contributed by atoms with Crippen LogP contribution in [-0.4, -0.2) is 28.7 Å². The molecule has 3 heteroatoms. The van der Waals surface area contributed by atoms with Crippen molar-refractivity contribution >= 4 is 6.09 Å². The van der Waals surface area contributed by atoms with Gasteiger partial charge in [-0.3, -0.25) is 0 Å². The third-order valence-corrected chi connectivity index (χ3v) is 3.46. The van der Waals surface area contributed by atoms with E-state index in [9.17, 15) is 9.90 Å². The molecule has 0 saturated carbocycles. The largest absolute Gasteiger partial charge is 0.465 e. The zero-order chi connectivity index (χ0) is 12.3. The molecule has 1 aliphatic rings. The molecule has 1 saturated heterocycles. The van der Waals surface area contributed by atoms with E-state index in [0.717, 1.165) is 19.3 Å². The standard InChI is InChI=1S/C13H23NO2/c1-5-6-10-7-8-14(12(15)16)11(9-10)13(2,3)4/h5,10-11H,1,6-9H2,2-4H3,(H,15,16). The molecule has 0 radical (unpaired) electrons. The maximum Gasteiger partial charge on any atom is 0.407 e. The van der Waals surface area contributed by atoms with Crippen LogP contribution in [-0.2, 0) is 0 Å². The molecule has 1 N–H and O–H groups in total. The van der Waals surface area contributed by atoms with Crippen LogP contribution in [0.25, 0.3) is 0 Å². The summed E-state index contributed by atoms with van der Waals surface area (Å²) in [5.41, 5.74) is 0.0121. The van der Waals surface area contributed by atoms with Crippen molar-refractivity contribution in [1.29, 1.82) is 0 Å². The van der Waals surface area contributed by atoms with Crippen LogP contribution >= 0.6 is 0 Å². The lowest BCUT2D eigenvalue weighted by Crippen LogP contribution is -2.51. The van der Waals surface area contributed by atoms with Gasteiger partial charge >= 0.3 is 6.09 Å². The molecule has 2 unspecified atom stereocenters. The van der Waals surface area contributed by atoms with Crippen LogP contribution in [0.15, 0.2) is 12.7 Å². The predicted octanol–water partition coefficient (Wildman–Crippen LogP) is 3.37. The van der Waals surface area contributed by atoms with Crippen LogP contribution in [0.4, 0.5) is 4.79 Å². The first kappa shape index (κ1) is 13.1. The van der Waals surface area contributed by atoms with E-state index in [1.54, 1.807) is 4.90 Å². The summed E-state index contributed by atoms with van der Waals surface area (Å²) in [5.74, 6) is 0.595. The molecule has 1 heterocycles. The lowest BCUT2D eigenvalue weighted by molar-refractivity contribution is 0.0412. The van der Waals surface area contributed by atoms with Crippen LogP contribution in [0, 0.1) is 11.3 Å². The van der Waals surface area contributed by atoms with E-state index in [4.69, 9.17) is 0 Å². The first-order chi connectivity index (χ1) is 7.36. The number of nitrogens with zero attached hydrogens (tertiary/aromatic N) is 1. The average Bonchev–Trinajstić information content (AvgIpc) is 2.16. The Labute approximate surface area is 98.1 Å². The number of carbonyl (C=O) groups is 1. The van der Waals surface area contributed by atoms with Crippen LogP contribution in [0.3, 0.4) is 0 Å². The van der Waals surface area contributed by atoms with Crippen LogP contribution in [0.2, 0.25) is 0 Å². The Kier molecular flexibility index (Phi) is 4.00. The van der Waals surface area contributed by atoms with Gasteiger partial charge in [0.1, 0.15) is 0 Å². The Balaban J connectivity index is 2.77. The third kappa shape index (κ3) is 3.00. The van der Waals surface area contributed by atoms with Gasteiger partial charge in [0.2, 0.25) is 0 Å². The molecule has 3 nitrogen and oxygen atoms in total. The summed E-state index contributed by atoms with van der Waals surface area (Å²) >= 11 is 0. The number of allylic oxidation sites excluding steroid dienone is 1. The minimum Gasteiger partial charge on any atom is -0.465 e. The van der Waals surface area contributed by atoms with Crippen molar-refractivity contribution < 1.29 is 9.90 Å². The summed E-state index contributed by atoms with van der Waals surface area (Å²) in [6.45, 7) is 10.8. The molecule has 1 amide bonds. The van der Waals surface area contributed by atoms with E-state index < -0.39 is 6.09 Å². The number of carboxylic acid groups (broad SMARTS) is 1. The molecule has 1 fully saturated rings. The highest BCUT2D eigenvalue weighted by atomic mass is 16.4. The number of amides is 1. The SMILES string of the molecule is C=CCC1CCN(C(=O)O)C(C(C)(C)C)C1. The molecule has 0 aliphatic carbocycles. The highest BCUT2D eigenvalue weighted by Crippen LogP contribution is 2.35. The van der Waals surface area contributed by atoms with E-state index in [-0.39, 0.29) is 11.5 Å². The Hall–Kier alpha value is -0.990. The molecule has 1 rings (SSSR count). The Bertz CT molecular complexity index is 268. The monoisotopic (exact) mass is 225 g/mol. The summed E-state index contributed by atoms with van der Waals surface area (Å²) in [6, 6.07) is 0.128. The Morgan fingerprint density at radius 2 is 2.19 bits per heavy atom. The highest BCUT2D eigenvalue weighted by Gasteiger charge is 2.38. The van der Waals surface area contributed by atoms with Gasteiger partial charge in [-0.2, -0.15) is 0 Å². The summed E-state index contributed by atoms with van der Waals surface area (Å²) in [7, 11) is 0. The smallest absolute Gasteiger partial charge is 0.407 e. The maximum absolute atomic E-state index is 11.2. The summed E-state index contributed by atoms with van der Waals surface area (Å²) in [6.07, 6.45) is 4.09. The third-order valence-electron chi connectivity index (χ3n) is 3.46. The van der Waals surface area contributed by atoms with Gasteiger partial charge in [-0.25, -0.2) is 4.79 Å². The van der Waals surface area contributed by atoms with Gasteiger partial charge in [-0.05, 0) is 30.6 Å². The molecule has 0 aromatic heterocycles. The maximum atomic E-state index is 11.2. The molecular weight excluding hydrogens is 202 g/mol. The molecule has 92 valence electrons. The van der Waals surface area contributed by atoms with Gasteiger partial charge < -0.3 is 10.0 Å². The van der Waals surface area contributed by atoms with E-state index >= 15 is 0 Å². The average molecular weight is 225 g/mol. The van der Waals surface area contributed by atoms with Crippen molar-refractivity contribution in [3.8, 4) is 0 Å². The topological polar surface area (TPSA) is 40.5 Å². The normalized spacial score (nSPS) is 26.6. The quantitative estimate of drug-likeness (QED) is 0.732. The minimum atomic E-state index is -0.781. The fraction of sp³-hybridized carbons (Fsp3) is 0.769. The molecule has 0 aromatic rings. The number of hydrogen-bond donors (Lipinski definition) is 1. The van der Waals surface area contributed by atoms with Crippen molar-refractivity contribution in [2.45, 2.75) is 46.1 Å². The number of likely N-dealkylation sites (tertiary alicyclic amines) is 1. The van der Waals surface area contributed by atoms with Crippen molar-refractivity contribution in [3.05, 3.63) is 12.7 Å². The van der Waals surface area contributed by atoms with E-state index in [1.807, 2.05) is 6.08 Å². The summed E-state index contributed by atoms with van der Waals surface area (Å²) in [5, 5.41) is 9.19. The molecule has 16 heavy (non-hydrogen) atoms. The fourth-order valence-corrected chi connectivity index (χ4v) is 2.54. The van der Waals surface area contributed by atoms with Gasteiger partial charge in [0.15, 0.2) is 0 Å². The van der Waals surface area contributed by atoms with Crippen LogP contribution < -0.4 is 0 Å². The summed E-state index contributed by atoms with van der Waals surface area (Å²) in [4.78, 5) is 12.8. The van der Waals surface area contributed by atoms with E-state index in [2.05, 4.69) is 27.4 Å². The Morgan fingerprint density at radius 3 is 2.62 bits per heavy atom. The van der Waals surface area contributed by atoms with Crippen molar-refractivity contribution in [3.63, 3.8) is 0 Å². The lowest BCUT2D eigenvalue weighted by Gasteiger charge is -2.44. The number of rotatable bonds is 2. The second-order valence-corrected chi connectivity index (χ2v) is 5.77. The molecule has 0 bridgehead atoms. The van der Waals surface area contributed by atoms with Gasteiger partial charge in [0.05, 0.1) is 0 Å². The number of hydrogen-bond acceptors (Lipinski definition) is 1. The first-order valence-corrected chi connectivity index (χ1v) is 5.96. The zero-order valence-corrected chi connectivity index (χ0v) is 10.6. The van der Waals surface area contributed by atoms with Crippen molar-refractivity contribution in [1.82, 2.24) is 4.90 Å². The highest BCUT2D eigenvalue weighted by molar-refractivity contribution is 5.65. The second-order valence-electron chi connectivity index (χ2n) is 5.77. The van der Waals surface area contributed by atoms with Crippen molar-refractivity contribution in [2.75, 3.05) is 6.54 Å². The lowest BCUT2D eigenvalue weighted by atomic mass is 9.76. The first-order valence-electron chi connectivity index (χ1n) is 5.96. The van der Waals surface area contributed by atoms with Crippen LogP contribution in [0.1, 0.15) is 40.0 Å². The fourth-order valence-electron chi connectivity index (χ4n) is 2.54. The van der Waals surface area contributed by atoms with Gasteiger partial charge in [0.25, 0.3) is 0 Å². The number of piperidine rings is 1. The molecular formula is C13H23NO2. The molecule has 0 spiro atoms. The van der Waals surface area contributed by atoms with Crippen LogP contribution in [0.5, 0.6) is 0 Å².